The van der Waals surface area contributed by atoms with Gasteiger partial charge in [-0.3, -0.25) is 14.5 Å². The molecular formula is C15H26N2O3. The second-order valence-corrected chi connectivity index (χ2v) is 6.26. The smallest absolute Gasteiger partial charge is 0.308 e. The Morgan fingerprint density at radius 3 is 2.20 bits per heavy atom. The molecule has 1 N–H and O–H groups in total. The number of amides is 1. The number of likely N-dealkylation sites (tertiary alicyclic amines) is 2. The first-order chi connectivity index (χ1) is 9.58. The summed E-state index contributed by atoms with van der Waals surface area (Å²) in [7, 11) is 0. The normalized spacial score (nSPS) is 28.9. The predicted octanol–water partition coefficient (Wildman–Crippen LogP) is 1.43. The Balaban J connectivity index is 1.83. The molecule has 20 heavy (non-hydrogen) atoms. The molecular weight excluding hydrogens is 256 g/mol. The van der Waals surface area contributed by atoms with Crippen molar-refractivity contribution in [3.63, 3.8) is 0 Å². The zero-order valence-electron chi connectivity index (χ0n) is 12.4. The highest BCUT2D eigenvalue weighted by molar-refractivity contribution is 5.78. The largest absolute Gasteiger partial charge is 0.481 e. The molecule has 5 nitrogen and oxygen atoms in total. The fraction of sp³-hybridized carbons (Fsp3) is 0.867. The van der Waals surface area contributed by atoms with Crippen LogP contribution in [0.15, 0.2) is 0 Å². The van der Waals surface area contributed by atoms with Crippen molar-refractivity contribution in [3.8, 4) is 0 Å². The molecule has 0 aliphatic carbocycles. The Bertz CT molecular complexity index is 351. The molecule has 0 spiro atoms. The minimum atomic E-state index is -0.737. The topological polar surface area (TPSA) is 60.9 Å². The standard InChI is InChI=1S/C15H26N2O3/c1-12-9-16(10-13(12)15(19)20)11-14(18)17-7-5-3-2-4-6-8-17/h12-13H,2-11H2,1H3,(H,19,20)/t12-,13-/m1/s1. The summed E-state index contributed by atoms with van der Waals surface area (Å²) in [6.07, 6.45) is 5.91. The lowest BCUT2D eigenvalue weighted by Gasteiger charge is -2.27. The van der Waals surface area contributed by atoms with Gasteiger partial charge in [0.1, 0.15) is 0 Å². The van der Waals surface area contributed by atoms with Gasteiger partial charge in [-0.15, -0.1) is 0 Å². The SMILES string of the molecule is C[C@@H]1CN(CC(=O)N2CCCCCCC2)C[C@H]1C(=O)O. The highest BCUT2D eigenvalue weighted by Crippen LogP contribution is 2.23. The highest BCUT2D eigenvalue weighted by Gasteiger charge is 2.35. The van der Waals surface area contributed by atoms with E-state index >= 15 is 0 Å². The first kappa shape index (κ1) is 15.3. The summed E-state index contributed by atoms with van der Waals surface area (Å²) >= 11 is 0. The van der Waals surface area contributed by atoms with E-state index in [1.54, 1.807) is 0 Å². The minimum Gasteiger partial charge on any atom is -0.481 e. The van der Waals surface area contributed by atoms with Crippen LogP contribution >= 0.6 is 0 Å². The van der Waals surface area contributed by atoms with Crippen molar-refractivity contribution >= 4 is 11.9 Å². The molecule has 0 aromatic heterocycles. The molecule has 2 rings (SSSR count). The Labute approximate surface area is 120 Å². The van der Waals surface area contributed by atoms with Crippen LogP contribution in [0.1, 0.15) is 39.0 Å². The average Bonchev–Trinajstić information content (AvgIpc) is 2.69. The van der Waals surface area contributed by atoms with Crippen LogP contribution in [0.5, 0.6) is 0 Å². The molecule has 5 heteroatoms. The van der Waals surface area contributed by atoms with Crippen molar-refractivity contribution in [2.75, 3.05) is 32.7 Å². The van der Waals surface area contributed by atoms with Gasteiger partial charge in [-0.05, 0) is 18.8 Å². The maximum Gasteiger partial charge on any atom is 0.308 e. The monoisotopic (exact) mass is 282 g/mol. The van der Waals surface area contributed by atoms with E-state index in [1.165, 1.54) is 19.3 Å². The Morgan fingerprint density at radius 2 is 1.65 bits per heavy atom. The van der Waals surface area contributed by atoms with E-state index in [0.29, 0.717) is 13.1 Å². The summed E-state index contributed by atoms with van der Waals surface area (Å²) in [5.74, 6) is -0.758. The molecule has 0 aromatic rings. The number of hydrogen-bond acceptors (Lipinski definition) is 3. The van der Waals surface area contributed by atoms with Crippen LogP contribution < -0.4 is 0 Å². The summed E-state index contributed by atoms with van der Waals surface area (Å²) in [5.41, 5.74) is 0. The van der Waals surface area contributed by atoms with E-state index in [0.717, 1.165) is 32.5 Å². The lowest BCUT2D eigenvalue weighted by Crippen LogP contribution is -2.41. The second kappa shape index (κ2) is 7.07. The maximum atomic E-state index is 12.3. The first-order valence-electron chi connectivity index (χ1n) is 7.81. The van der Waals surface area contributed by atoms with Gasteiger partial charge < -0.3 is 10.0 Å². The summed E-state index contributed by atoms with van der Waals surface area (Å²) < 4.78 is 0. The van der Waals surface area contributed by atoms with Crippen molar-refractivity contribution in [1.29, 1.82) is 0 Å². The van der Waals surface area contributed by atoms with Gasteiger partial charge >= 0.3 is 5.97 Å². The number of carbonyl (C=O) groups excluding carboxylic acids is 1. The molecule has 2 fully saturated rings. The van der Waals surface area contributed by atoms with Crippen molar-refractivity contribution in [2.24, 2.45) is 11.8 Å². The summed E-state index contributed by atoms with van der Waals surface area (Å²) in [6.45, 7) is 5.30. The highest BCUT2D eigenvalue weighted by atomic mass is 16.4. The lowest BCUT2D eigenvalue weighted by atomic mass is 9.99. The van der Waals surface area contributed by atoms with Gasteiger partial charge in [-0.25, -0.2) is 0 Å². The van der Waals surface area contributed by atoms with Crippen molar-refractivity contribution < 1.29 is 14.7 Å². The Hall–Kier alpha value is -1.10. The van der Waals surface area contributed by atoms with E-state index < -0.39 is 5.97 Å². The molecule has 0 unspecified atom stereocenters. The van der Waals surface area contributed by atoms with Crippen LogP contribution in [0.2, 0.25) is 0 Å². The molecule has 1 amide bonds. The van der Waals surface area contributed by atoms with Crippen molar-refractivity contribution in [3.05, 3.63) is 0 Å². The lowest BCUT2D eigenvalue weighted by molar-refractivity contribution is -0.142. The second-order valence-electron chi connectivity index (χ2n) is 6.26. The first-order valence-corrected chi connectivity index (χ1v) is 7.81. The number of carboxylic acid groups (broad SMARTS) is 1. The quantitative estimate of drug-likeness (QED) is 0.850. The molecule has 2 atom stereocenters. The van der Waals surface area contributed by atoms with E-state index in [-0.39, 0.29) is 17.7 Å². The van der Waals surface area contributed by atoms with Gasteiger partial charge in [0.15, 0.2) is 0 Å². The number of hydrogen-bond donors (Lipinski definition) is 1. The van der Waals surface area contributed by atoms with Crippen molar-refractivity contribution in [2.45, 2.75) is 39.0 Å². The van der Waals surface area contributed by atoms with Crippen LogP contribution in [-0.4, -0.2) is 59.5 Å². The Morgan fingerprint density at radius 1 is 1.05 bits per heavy atom. The van der Waals surface area contributed by atoms with Gasteiger partial charge in [0.05, 0.1) is 12.5 Å². The summed E-state index contributed by atoms with van der Waals surface area (Å²) in [5, 5.41) is 9.13. The molecule has 2 heterocycles. The molecule has 0 bridgehead atoms. The van der Waals surface area contributed by atoms with Crippen LogP contribution in [0.3, 0.4) is 0 Å². The number of carbonyl (C=O) groups is 2. The molecule has 0 radical (unpaired) electrons. The van der Waals surface area contributed by atoms with Crippen LogP contribution in [0.25, 0.3) is 0 Å². The molecule has 0 aromatic carbocycles. The van der Waals surface area contributed by atoms with Crippen molar-refractivity contribution in [1.82, 2.24) is 9.80 Å². The van der Waals surface area contributed by atoms with Gasteiger partial charge in [-0.2, -0.15) is 0 Å². The number of aliphatic carboxylic acids is 1. The van der Waals surface area contributed by atoms with Gasteiger partial charge in [-0.1, -0.05) is 26.2 Å². The third-order valence-electron chi connectivity index (χ3n) is 4.57. The van der Waals surface area contributed by atoms with E-state index in [9.17, 15) is 9.59 Å². The van der Waals surface area contributed by atoms with E-state index in [4.69, 9.17) is 5.11 Å². The minimum absolute atomic E-state index is 0.132. The van der Waals surface area contributed by atoms with Crippen LogP contribution in [-0.2, 0) is 9.59 Å². The van der Waals surface area contributed by atoms with E-state index in [1.807, 2.05) is 16.7 Å². The van der Waals surface area contributed by atoms with Gasteiger partial charge in [0, 0.05) is 26.2 Å². The fourth-order valence-electron chi connectivity index (χ4n) is 3.31. The van der Waals surface area contributed by atoms with Crippen LogP contribution in [0, 0.1) is 11.8 Å². The summed E-state index contributed by atoms with van der Waals surface area (Å²) in [4.78, 5) is 27.4. The zero-order chi connectivity index (χ0) is 14.5. The number of carboxylic acids is 1. The number of nitrogens with zero attached hydrogens (tertiary/aromatic N) is 2. The maximum absolute atomic E-state index is 12.3. The Kier molecular flexibility index (Phi) is 5.40. The third-order valence-corrected chi connectivity index (χ3v) is 4.57. The molecule has 2 aliphatic rings. The molecule has 0 saturated carbocycles. The van der Waals surface area contributed by atoms with Crippen LogP contribution in [0.4, 0.5) is 0 Å². The average molecular weight is 282 g/mol. The van der Waals surface area contributed by atoms with Gasteiger partial charge in [0.25, 0.3) is 0 Å². The third kappa shape index (κ3) is 3.95. The predicted molar refractivity (Wildman–Crippen MR) is 76.4 cm³/mol. The fourth-order valence-corrected chi connectivity index (χ4v) is 3.31. The molecule has 2 aliphatic heterocycles. The van der Waals surface area contributed by atoms with Gasteiger partial charge in [0.2, 0.25) is 5.91 Å². The molecule has 114 valence electrons. The molecule has 2 saturated heterocycles. The van der Waals surface area contributed by atoms with E-state index in [2.05, 4.69) is 0 Å². The summed E-state index contributed by atoms with van der Waals surface area (Å²) in [6, 6.07) is 0. The zero-order valence-corrected chi connectivity index (χ0v) is 12.4. The number of rotatable bonds is 3.